The third-order valence-electron chi connectivity index (χ3n) is 4.46. The first-order chi connectivity index (χ1) is 9.52. The van der Waals surface area contributed by atoms with Crippen LogP contribution >= 0.6 is 0 Å². The molecule has 1 saturated heterocycles. The highest BCUT2D eigenvalue weighted by molar-refractivity contribution is 5.31. The van der Waals surface area contributed by atoms with Gasteiger partial charge in [0.2, 0.25) is 0 Å². The van der Waals surface area contributed by atoms with E-state index in [-0.39, 0.29) is 12.1 Å². The summed E-state index contributed by atoms with van der Waals surface area (Å²) in [5.74, 6) is 1.66. The molecule has 0 aliphatic carbocycles. The molecule has 1 aliphatic heterocycles. The van der Waals surface area contributed by atoms with Gasteiger partial charge in [-0.05, 0) is 50.3 Å². The minimum absolute atomic E-state index is 0.106. The van der Waals surface area contributed by atoms with Crippen molar-refractivity contribution in [3.63, 3.8) is 0 Å². The zero-order valence-corrected chi connectivity index (χ0v) is 13.2. The number of piperidine rings is 1. The Morgan fingerprint density at radius 1 is 1.30 bits per heavy atom. The molecule has 2 rings (SSSR count). The second-order valence-electron chi connectivity index (χ2n) is 6.31. The van der Waals surface area contributed by atoms with Crippen LogP contribution in [-0.4, -0.2) is 30.6 Å². The summed E-state index contributed by atoms with van der Waals surface area (Å²) >= 11 is 0. The highest BCUT2D eigenvalue weighted by Gasteiger charge is 2.32. The maximum atomic E-state index is 6.32. The molecule has 20 heavy (non-hydrogen) atoms. The Hall–Kier alpha value is -1.06. The molecule has 0 saturated carbocycles. The van der Waals surface area contributed by atoms with Crippen LogP contribution in [-0.2, 0) is 0 Å². The minimum atomic E-state index is 0.106. The zero-order chi connectivity index (χ0) is 14.7. The number of hydrogen-bond donors (Lipinski definition) is 1. The van der Waals surface area contributed by atoms with Crippen molar-refractivity contribution < 1.29 is 4.74 Å². The average molecular weight is 276 g/mol. The number of ether oxygens (including phenoxy) is 1. The first-order valence-corrected chi connectivity index (χ1v) is 7.68. The van der Waals surface area contributed by atoms with Gasteiger partial charge in [-0.25, -0.2) is 0 Å². The Labute approximate surface area is 123 Å². The average Bonchev–Trinajstić information content (AvgIpc) is 2.43. The number of hydrogen-bond acceptors (Lipinski definition) is 3. The number of rotatable bonds is 4. The van der Waals surface area contributed by atoms with Gasteiger partial charge in [-0.2, -0.15) is 0 Å². The molecule has 0 spiro atoms. The van der Waals surface area contributed by atoms with Crippen molar-refractivity contribution in [1.82, 2.24) is 4.90 Å². The Morgan fingerprint density at radius 2 is 2.05 bits per heavy atom. The van der Waals surface area contributed by atoms with Crippen LogP contribution in [0.4, 0.5) is 0 Å². The molecule has 1 fully saturated rings. The molecule has 0 amide bonds. The standard InChI is InChI=1S/C17H28N2O/c1-12-8-9-13(2)19(11-12)17(14(3)18)15-6-5-7-16(10-15)20-4/h5-7,10,12-14,17H,8-9,11,18H2,1-4H3. The summed E-state index contributed by atoms with van der Waals surface area (Å²) in [7, 11) is 1.71. The molecule has 0 aromatic heterocycles. The fraction of sp³-hybridized carbons (Fsp3) is 0.647. The van der Waals surface area contributed by atoms with Gasteiger partial charge in [0, 0.05) is 18.6 Å². The first-order valence-electron chi connectivity index (χ1n) is 7.68. The topological polar surface area (TPSA) is 38.5 Å². The Morgan fingerprint density at radius 3 is 2.70 bits per heavy atom. The fourth-order valence-electron chi connectivity index (χ4n) is 3.33. The molecule has 4 unspecified atom stereocenters. The van der Waals surface area contributed by atoms with E-state index in [1.165, 1.54) is 18.4 Å². The van der Waals surface area contributed by atoms with Crippen molar-refractivity contribution in [3.8, 4) is 5.75 Å². The van der Waals surface area contributed by atoms with Crippen LogP contribution in [0.25, 0.3) is 0 Å². The molecule has 1 aliphatic rings. The number of nitrogens with zero attached hydrogens (tertiary/aromatic N) is 1. The molecular formula is C17H28N2O. The van der Waals surface area contributed by atoms with Crippen LogP contribution in [0.15, 0.2) is 24.3 Å². The molecule has 0 bridgehead atoms. The molecule has 112 valence electrons. The van der Waals surface area contributed by atoms with E-state index in [0.717, 1.165) is 18.2 Å². The maximum absolute atomic E-state index is 6.32. The molecule has 1 aromatic carbocycles. The monoisotopic (exact) mass is 276 g/mol. The molecule has 4 atom stereocenters. The van der Waals surface area contributed by atoms with Crippen molar-refractivity contribution in [2.45, 2.75) is 51.7 Å². The summed E-state index contributed by atoms with van der Waals surface area (Å²) in [6.45, 7) is 7.89. The van der Waals surface area contributed by atoms with Crippen molar-refractivity contribution in [1.29, 1.82) is 0 Å². The first kappa shape index (κ1) is 15.3. The Bertz CT molecular complexity index is 433. The maximum Gasteiger partial charge on any atom is 0.119 e. The van der Waals surface area contributed by atoms with Crippen LogP contribution < -0.4 is 10.5 Å². The minimum Gasteiger partial charge on any atom is -0.497 e. The Balaban J connectivity index is 2.29. The molecule has 1 heterocycles. The lowest BCUT2D eigenvalue weighted by atomic mass is 9.89. The van der Waals surface area contributed by atoms with Gasteiger partial charge in [-0.1, -0.05) is 19.1 Å². The third kappa shape index (κ3) is 3.33. The lowest BCUT2D eigenvalue weighted by Gasteiger charge is -2.44. The van der Waals surface area contributed by atoms with E-state index in [0.29, 0.717) is 6.04 Å². The van der Waals surface area contributed by atoms with E-state index in [2.05, 4.69) is 43.9 Å². The van der Waals surface area contributed by atoms with Gasteiger partial charge in [-0.15, -0.1) is 0 Å². The lowest BCUT2D eigenvalue weighted by Crippen LogP contribution is -2.48. The summed E-state index contributed by atoms with van der Waals surface area (Å²) < 4.78 is 5.36. The van der Waals surface area contributed by atoms with Crippen LogP contribution in [0.1, 0.15) is 45.2 Å². The predicted molar refractivity (Wildman–Crippen MR) is 84.0 cm³/mol. The lowest BCUT2D eigenvalue weighted by molar-refractivity contribution is 0.0659. The van der Waals surface area contributed by atoms with E-state index in [1.807, 2.05) is 6.07 Å². The molecular weight excluding hydrogens is 248 g/mol. The summed E-state index contributed by atoms with van der Waals surface area (Å²) in [5, 5.41) is 0. The second kappa shape index (κ2) is 6.59. The van der Waals surface area contributed by atoms with E-state index in [4.69, 9.17) is 10.5 Å². The van der Waals surface area contributed by atoms with Gasteiger partial charge in [0.1, 0.15) is 5.75 Å². The molecule has 3 heteroatoms. The van der Waals surface area contributed by atoms with Gasteiger partial charge in [0.25, 0.3) is 0 Å². The normalized spacial score (nSPS) is 27.1. The summed E-state index contributed by atoms with van der Waals surface area (Å²) in [6, 6.07) is 9.31. The number of likely N-dealkylation sites (tertiary alicyclic amines) is 1. The van der Waals surface area contributed by atoms with Gasteiger partial charge in [-0.3, -0.25) is 4.90 Å². The SMILES string of the molecule is COc1cccc(C(C(C)N)N2CC(C)CCC2C)c1. The van der Waals surface area contributed by atoms with Gasteiger partial charge in [0.05, 0.1) is 13.2 Å². The van der Waals surface area contributed by atoms with E-state index in [9.17, 15) is 0 Å². The quantitative estimate of drug-likeness (QED) is 0.917. The van der Waals surface area contributed by atoms with Crippen LogP contribution in [0.3, 0.4) is 0 Å². The van der Waals surface area contributed by atoms with E-state index >= 15 is 0 Å². The summed E-state index contributed by atoms with van der Waals surface area (Å²) in [6.07, 6.45) is 2.58. The molecule has 1 aromatic rings. The highest BCUT2D eigenvalue weighted by Crippen LogP contribution is 2.33. The van der Waals surface area contributed by atoms with Crippen LogP contribution in [0, 0.1) is 5.92 Å². The largest absolute Gasteiger partial charge is 0.497 e. The summed E-state index contributed by atoms with van der Waals surface area (Å²) in [5.41, 5.74) is 7.58. The van der Waals surface area contributed by atoms with Crippen molar-refractivity contribution in [2.24, 2.45) is 11.7 Å². The number of nitrogens with two attached hydrogens (primary N) is 1. The van der Waals surface area contributed by atoms with Crippen molar-refractivity contribution in [3.05, 3.63) is 29.8 Å². The Kier molecular flexibility index (Phi) is 5.06. The number of methoxy groups -OCH3 is 1. The van der Waals surface area contributed by atoms with Gasteiger partial charge < -0.3 is 10.5 Å². The van der Waals surface area contributed by atoms with Crippen molar-refractivity contribution >= 4 is 0 Å². The van der Waals surface area contributed by atoms with Crippen molar-refractivity contribution in [2.75, 3.05) is 13.7 Å². The van der Waals surface area contributed by atoms with Gasteiger partial charge >= 0.3 is 0 Å². The van der Waals surface area contributed by atoms with E-state index < -0.39 is 0 Å². The van der Waals surface area contributed by atoms with Crippen LogP contribution in [0.5, 0.6) is 5.75 Å². The molecule has 2 N–H and O–H groups in total. The molecule has 0 radical (unpaired) electrons. The van der Waals surface area contributed by atoms with Crippen LogP contribution in [0.2, 0.25) is 0 Å². The zero-order valence-electron chi connectivity index (χ0n) is 13.2. The highest BCUT2D eigenvalue weighted by atomic mass is 16.5. The fourth-order valence-corrected chi connectivity index (χ4v) is 3.33. The summed E-state index contributed by atoms with van der Waals surface area (Å²) in [4.78, 5) is 2.58. The second-order valence-corrected chi connectivity index (χ2v) is 6.31. The molecule has 3 nitrogen and oxygen atoms in total. The van der Waals surface area contributed by atoms with Gasteiger partial charge in [0.15, 0.2) is 0 Å². The smallest absolute Gasteiger partial charge is 0.119 e. The predicted octanol–water partition coefficient (Wildman–Crippen LogP) is 3.20. The van der Waals surface area contributed by atoms with E-state index in [1.54, 1.807) is 7.11 Å². The number of benzene rings is 1. The third-order valence-corrected chi connectivity index (χ3v) is 4.46.